The fourth-order valence-electron chi connectivity index (χ4n) is 2.42. The number of thiazole rings is 1. The summed E-state index contributed by atoms with van der Waals surface area (Å²) in [5.74, 6) is 1.43. The quantitative estimate of drug-likeness (QED) is 0.911. The molecule has 0 aliphatic carbocycles. The van der Waals surface area contributed by atoms with Crippen LogP contribution in [0.2, 0.25) is 5.02 Å². The molecule has 0 radical (unpaired) electrons. The Bertz CT molecular complexity index is 672. The van der Waals surface area contributed by atoms with Gasteiger partial charge in [0, 0.05) is 17.0 Å². The van der Waals surface area contributed by atoms with Gasteiger partial charge in [0.25, 0.3) is 0 Å². The normalized spacial score (nSPS) is 14.9. The fraction of sp³-hybridized carbons (Fsp3) is 0.400. The van der Waals surface area contributed by atoms with E-state index >= 15 is 0 Å². The largest absolute Gasteiger partial charge is 0.486 e. The predicted octanol–water partition coefficient (Wildman–Crippen LogP) is 4.36. The molecule has 1 aliphatic heterocycles. The van der Waals surface area contributed by atoms with E-state index in [4.69, 9.17) is 21.1 Å². The van der Waals surface area contributed by atoms with Gasteiger partial charge in [-0.25, -0.2) is 4.98 Å². The number of hydrogen-bond donors (Lipinski definition) is 1. The Morgan fingerprint density at radius 1 is 1.24 bits per heavy atom. The Kier molecular flexibility index (Phi) is 3.95. The Hall–Kier alpha value is -1.46. The van der Waals surface area contributed by atoms with Gasteiger partial charge in [-0.2, -0.15) is 0 Å². The molecule has 2 heterocycles. The maximum Gasteiger partial charge on any atom is 0.163 e. The predicted molar refractivity (Wildman–Crippen MR) is 86.1 cm³/mol. The average molecular weight is 325 g/mol. The molecular weight excluding hydrogens is 308 g/mol. The summed E-state index contributed by atoms with van der Waals surface area (Å²) < 4.78 is 11.1. The minimum atomic E-state index is 0.0787. The standard InChI is InChI=1S/C15H17ClN2O2S/c1-8(15-9(2)21-10(3)18-15)17-12-7-14-13(6-11(12)16)19-4-5-20-14/h6-8,17H,4-5H2,1-3H3. The summed E-state index contributed by atoms with van der Waals surface area (Å²) in [5, 5.41) is 5.10. The van der Waals surface area contributed by atoms with Crippen molar-refractivity contribution < 1.29 is 9.47 Å². The lowest BCUT2D eigenvalue weighted by atomic mass is 10.2. The first-order valence-corrected chi connectivity index (χ1v) is 8.03. The molecule has 1 aliphatic rings. The Morgan fingerprint density at radius 3 is 2.52 bits per heavy atom. The number of aryl methyl sites for hydroxylation is 2. The lowest BCUT2D eigenvalue weighted by molar-refractivity contribution is 0.171. The molecule has 2 aromatic rings. The second-order valence-electron chi connectivity index (χ2n) is 5.02. The van der Waals surface area contributed by atoms with Crippen LogP contribution in [0.4, 0.5) is 5.69 Å². The van der Waals surface area contributed by atoms with Crippen LogP contribution in [0.1, 0.15) is 28.5 Å². The van der Waals surface area contributed by atoms with E-state index in [-0.39, 0.29) is 6.04 Å². The molecule has 0 saturated carbocycles. The summed E-state index contributed by atoms with van der Waals surface area (Å²) >= 11 is 8.03. The third-order valence-electron chi connectivity index (χ3n) is 3.35. The van der Waals surface area contributed by atoms with Crippen LogP contribution in [0, 0.1) is 13.8 Å². The molecule has 1 aromatic heterocycles. The van der Waals surface area contributed by atoms with Gasteiger partial charge in [0.05, 0.1) is 27.5 Å². The molecule has 0 bridgehead atoms. The fourth-order valence-corrected chi connectivity index (χ4v) is 3.55. The van der Waals surface area contributed by atoms with Gasteiger partial charge in [0.1, 0.15) is 13.2 Å². The van der Waals surface area contributed by atoms with Gasteiger partial charge in [-0.1, -0.05) is 11.6 Å². The molecule has 1 aromatic carbocycles. The monoisotopic (exact) mass is 324 g/mol. The Labute approximate surface area is 133 Å². The van der Waals surface area contributed by atoms with E-state index in [0.717, 1.165) is 22.1 Å². The van der Waals surface area contributed by atoms with Crippen LogP contribution in [-0.4, -0.2) is 18.2 Å². The second kappa shape index (κ2) is 5.73. The SMILES string of the molecule is Cc1nc(C(C)Nc2cc3c(cc2Cl)OCCO3)c(C)s1. The number of aromatic nitrogens is 1. The average Bonchev–Trinajstić information content (AvgIpc) is 2.78. The summed E-state index contributed by atoms with van der Waals surface area (Å²) in [5.41, 5.74) is 1.89. The van der Waals surface area contributed by atoms with Gasteiger partial charge in [-0.3, -0.25) is 0 Å². The molecule has 4 nitrogen and oxygen atoms in total. The van der Waals surface area contributed by atoms with Crippen molar-refractivity contribution in [2.75, 3.05) is 18.5 Å². The summed E-state index contributed by atoms with van der Waals surface area (Å²) in [4.78, 5) is 5.80. The topological polar surface area (TPSA) is 43.4 Å². The zero-order chi connectivity index (χ0) is 15.0. The summed E-state index contributed by atoms with van der Waals surface area (Å²) in [7, 11) is 0. The minimum absolute atomic E-state index is 0.0787. The highest BCUT2D eigenvalue weighted by atomic mass is 35.5. The number of anilines is 1. The number of benzene rings is 1. The number of rotatable bonds is 3. The van der Waals surface area contributed by atoms with E-state index in [9.17, 15) is 0 Å². The van der Waals surface area contributed by atoms with Gasteiger partial charge in [0.2, 0.25) is 0 Å². The summed E-state index contributed by atoms with van der Waals surface area (Å²) in [6.07, 6.45) is 0. The first-order valence-electron chi connectivity index (χ1n) is 6.84. The smallest absolute Gasteiger partial charge is 0.163 e. The number of nitrogens with one attached hydrogen (secondary N) is 1. The first kappa shape index (κ1) is 14.5. The molecule has 0 fully saturated rings. The third-order valence-corrected chi connectivity index (χ3v) is 4.57. The lowest BCUT2D eigenvalue weighted by Gasteiger charge is -2.21. The van der Waals surface area contributed by atoms with Crippen molar-refractivity contribution in [3.05, 3.63) is 32.7 Å². The van der Waals surface area contributed by atoms with Crippen molar-refractivity contribution >= 4 is 28.6 Å². The van der Waals surface area contributed by atoms with Gasteiger partial charge >= 0.3 is 0 Å². The van der Waals surface area contributed by atoms with Crippen LogP contribution >= 0.6 is 22.9 Å². The number of nitrogens with zero attached hydrogens (tertiary/aromatic N) is 1. The molecule has 0 amide bonds. The van der Waals surface area contributed by atoms with Crippen molar-refractivity contribution in [1.82, 2.24) is 4.98 Å². The summed E-state index contributed by atoms with van der Waals surface area (Å²) in [6.45, 7) is 7.31. The van der Waals surface area contributed by atoms with Crippen molar-refractivity contribution in [1.29, 1.82) is 0 Å². The van der Waals surface area contributed by atoms with E-state index in [1.54, 1.807) is 17.4 Å². The van der Waals surface area contributed by atoms with E-state index in [1.165, 1.54) is 4.88 Å². The highest BCUT2D eigenvalue weighted by Gasteiger charge is 2.18. The second-order valence-corrected chi connectivity index (χ2v) is 6.83. The lowest BCUT2D eigenvalue weighted by Crippen LogP contribution is -2.16. The molecule has 6 heteroatoms. The van der Waals surface area contributed by atoms with Crippen molar-refractivity contribution in [3.8, 4) is 11.5 Å². The Balaban J connectivity index is 1.86. The maximum absolute atomic E-state index is 6.32. The van der Waals surface area contributed by atoms with Crippen LogP contribution in [-0.2, 0) is 0 Å². The van der Waals surface area contributed by atoms with Gasteiger partial charge < -0.3 is 14.8 Å². The highest BCUT2D eigenvalue weighted by molar-refractivity contribution is 7.11. The van der Waals surface area contributed by atoms with Gasteiger partial charge in [0.15, 0.2) is 11.5 Å². The zero-order valence-corrected chi connectivity index (χ0v) is 13.8. The molecule has 3 rings (SSSR count). The molecule has 21 heavy (non-hydrogen) atoms. The number of halogens is 1. The third kappa shape index (κ3) is 2.94. The molecule has 1 unspecified atom stereocenters. The van der Waals surface area contributed by atoms with Crippen LogP contribution in [0.3, 0.4) is 0 Å². The van der Waals surface area contributed by atoms with Gasteiger partial charge in [-0.05, 0) is 20.8 Å². The summed E-state index contributed by atoms with van der Waals surface area (Å²) in [6, 6.07) is 3.77. The zero-order valence-electron chi connectivity index (χ0n) is 12.2. The van der Waals surface area contributed by atoms with E-state index in [1.807, 2.05) is 13.0 Å². The number of fused-ring (bicyclic) bond motifs is 1. The number of hydrogen-bond acceptors (Lipinski definition) is 5. The first-order chi connectivity index (χ1) is 10.0. The van der Waals surface area contributed by atoms with E-state index in [0.29, 0.717) is 24.0 Å². The molecule has 1 N–H and O–H groups in total. The number of ether oxygens (including phenoxy) is 2. The minimum Gasteiger partial charge on any atom is -0.486 e. The highest BCUT2D eigenvalue weighted by Crippen LogP contribution is 2.39. The van der Waals surface area contributed by atoms with E-state index in [2.05, 4.69) is 24.1 Å². The van der Waals surface area contributed by atoms with Gasteiger partial charge in [-0.15, -0.1) is 11.3 Å². The molecule has 0 spiro atoms. The van der Waals surface area contributed by atoms with Crippen molar-refractivity contribution in [2.45, 2.75) is 26.8 Å². The molecular formula is C15H17ClN2O2S. The van der Waals surface area contributed by atoms with Crippen LogP contribution in [0.5, 0.6) is 11.5 Å². The van der Waals surface area contributed by atoms with Crippen molar-refractivity contribution in [3.63, 3.8) is 0 Å². The molecule has 112 valence electrons. The van der Waals surface area contributed by atoms with Crippen LogP contribution in [0.25, 0.3) is 0 Å². The van der Waals surface area contributed by atoms with Crippen LogP contribution < -0.4 is 14.8 Å². The maximum atomic E-state index is 6.32. The molecule has 0 saturated heterocycles. The van der Waals surface area contributed by atoms with Crippen molar-refractivity contribution in [2.24, 2.45) is 0 Å². The van der Waals surface area contributed by atoms with E-state index < -0.39 is 0 Å². The molecule has 1 atom stereocenters. The Morgan fingerprint density at radius 2 is 1.90 bits per heavy atom. The van der Waals surface area contributed by atoms with Crippen LogP contribution in [0.15, 0.2) is 12.1 Å².